The SMILES string of the molecule is C#Cc1ccccc1-c1ccccc1CCCC. The maximum Gasteiger partial charge on any atom is 0.0321 e. The molecule has 0 N–H and O–H groups in total. The first-order valence-electron chi connectivity index (χ1n) is 6.50. The first-order valence-corrected chi connectivity index (χ1v) is 6.50. The van der Waals surface area contributed by atoms with E-state index in [9.17, 15) is 0 Å². The van der Waals surface area contributed by atoms with Crippen LogP contribution in [0.15, 0.2) is 48.5 Å². The zero-order chi connectivity index (χ0) is 12.8. The molecule has 2 aromatic carbocycles. The number of unbranched alkanes of at least 4 members (excludes halogenated alkanes) is 1. The Morgan fingerprint density at radius 2 is 1.61 bits per heavy atom. The van der Waals surface area contributed by atoms with Crippen LogP contribution in [-0.4, -0.2) is 0 Å². The zero-order valence-electron chi connectivity index (χ0n) is 10.8. The van der Waals surface area contributed by atoms with Crippen LogP contribution in [0, 0.1) is 12.3 Å². The second kappa shape index (κ2) is 6.07. The Balaban J connectivity index is 2.47. The van der Waals surface area contributed by atoms with Crippen LogP contribution >= 0.6 is 0 Å². The van der Waals surface area contributed by atoms with Crippen LogP contribution in [0.2, 0.25) is 0 Å². The van der Waals surface area contributed by atoms with E-state index in [0.29, 0.717) is 0 Å². The molecule has 0 fully saturated rings. The van der Waals surface area contributed by atoms with Crippen molar-refractivity contribution in [2.24, 2.45) is 0 Å². The fourth-order valence-corrected chi connectivity index (χ4v) is 2.21. The summed E-state index contributed by atoms with van der Waals surface area (Å²) in [4.78, 5) is 0. The van der Waals surface area contributed by atoms with Gasteiger partial charge in [-0.2, -0.15) is 0 Å². The molecule has 2 rings (SSSR count). The lowest BCUT2D eigenvalue weighted by atomic mass is 9.93. The lowest BCUT2D eigenvalue weighted by Crippen LogP contribution is -1.92. The van der Waals surface area contributed by atoms with Crippen LogP contribution in [0.4, 0.5) is 0 Å². The molecule has 0 aromatic heterocycles. The van der Waals surface area contributed by atoms with Gasteiger partial charge in [-0.1, -0.05) is 61.7 Å². The molecule has 0 aliphatic heterocycles. The highest BCUT2D eigenvalue weighted by atomic mass is 14.1. The highest BCUT2D eigenvalue weighted by molar-refractivity contribution is 5.73. The van der Waals surface area contributed by atoms with Crippen molar-refractivity contribution in [3.8, 4) is 23.5 Å². The van der Waals surface area contributed by atoms with Crippen molar-refractivity contribution in [1.29, 1.82) is 0 Å². The van der Waals surface area contributed by atoms with Crippen molar-refractivity contribution in [3.05, 3.63) is 59.7 Å². The van der Waals surface area contributed by atoms with Crippen LogP contribution in [0.3, 0.4) is 0 Å². The van der Waals surface area contributed by atoms with Crippen molar-refractivity contribution in [3.63, 3.8) is 0 Å². The molecule has 0 saturated carbocycles. The predicted octanol–water partition coefficient (Wildman–Crippen LogP) is 4.68. The number of hydrogen-bond donors (Lipinski definition) is 0. The third-order valence-corrected chi connectivity index (χ3v) is 3.19. The van der Waals surface area contributed by atoms with Crippen LogP contribution in [0.5, 0.6) is 0 Å². The van der Waals surface area contributed by atoms with E-state index < -0.39 is 0 Å². The minimum atomic E-state index is 0.974. The maximum absolute atomic E-state index is 5.59. The Morgan fingerprint density at radius 1 is 0.944 bits per heavy atom. The Morgan fingerprint density at radius 3 is 2.33 bits per heavy atom. The molecule has 0 aliphatic rings. The smallest absolute Gasteiger partial charge is 0.0321 e. The van der Waals surface area contributed by atoms with Gasteiger partial charge < -0.3 is 0 Å². The van der Waals surface area contributed by atoms with E-state index in [0.717, 1.165) is 12.0 Å². The van der Waals surface area contributed by atoms with Gasteiger partial charge in [0, 0.05) is 5.56 Å². The summed E-state index contributed by atoms with van der Waals surface area (Å²) in [5.41, 5.74) is 4.81. The summed E-state index contributed by atoms with van der Waals surface area (Å²) >= 11 is 0. The second-order valence-corrected chi connectivity index (χ2v) is 4.45. The highest BCUT2D eigenvalue weighted by Gasteiger charge is 2.07. The molecular formula is C18H18. The maximum atomic E-state index is 5.59. The summed E-state index contributed by atoms with van der Waals surface area (Å²) in [6.07, 6.45) is 9.14. The van der Waals surface area contributed by atoms with Gasteiger partial charge in [0.1, 0.15) is 0 Å². The van der Waals surface area contributed by atoms with Crippen LogP contribution in [0.25, 0.3) is 11.1 Å². The fraction of sp³-hybridized carbons (Fsp3) is 0.222. The first kappa shape index (κ1) is 12.5. The number of rotatable bonds is 4. The lowest BCUT2D eigenvalue weighted by molar-refractivity contribution is 0.796. The molecule has 0 unspecified atom stereocenters. The van der Waals surface area contributed by atoms with E-state index in [2.05, 4.69) is 43.2 Å². The van der Waals surface area contributed by atoms with Gasteiger partial charge in [-0.25, -0.2) is 0 Å². The molecule has 0 heteroatoms. The van der Waals surface area contributed by atoms with Gasteiger partial charge in [-0.05, 0) is 35.6 Å². The third-order valence-electron chi connectivity index (χ3n) is 3.19. The molecular weight excluding hydrogens is 216 g/mol. The minimum absolute atomic E-state index is 0.974. The van der Waals surface area contributed by atoms with Gasteiger partial charge in [0.05, 0.1) is 0 Å². The Kier molecular flexibility index (Phi) is 4.20. The summed E-state index contributed by atoms with van der Waals surface area (Å²) in [6.45, 7) is 2.22. The highest BCUT2D eigenvalue weighted by Crippen LogP contribution is 2.27. The normalized spacial score (nSPS) is 10.0. The van der Waals surface area contributed by atoms with Gasteiger partial charge in [-0.3, -0.25) is 0 Å². The van der Waals surface area contributed by atoms with Crippen molar-refractivity contribution >= 4 is 0 Å². The standard InChI is InChI=1S/C18H18/c1-3-5-10-16-12-7-9-14-18(16)17-13-8-6-11-15(17)4-2/h2,6-9,11-14H,3,5,10H2,1H3. The molecule has 0 bridgehead atoms. The number of hydrogen-bond acceptors (Lipinski definition) is 0. The predicted molar refractivity (Wildman–Crippen MR) is 78.4 cm³/mol. The molecule has 18 heavy (non-hydrogen) atoms. The molecule has 0 spiro atoms. The van der Waals surface area contributed by atoms with Gasteiger partial charge >= 0.3 is 0 Å². The molecule has 0 saturated heterocycles. The molecule has 2 aromatic rings. The quantitative estimate of drug-likeness (QED) is 0.674. The third kappa shape index (κ3) is 2.63. The first-order chi connectivity index (χ1) is 8.86. The van der Waals surface area contributed by atoms with E-state index in [4.69, 9.17) is 6.42 Å². The van der Waals surface area contributed by atoms with Crippen LogP contribution in [0.1, 0.15) is 30.9 Å². The van der Waals surface area contributed by atoms with Gasteiger partial charge in [0.2, 0.25) is 0 Å². The number of aryl methyl sites for hydroxylation is 1. The molecule has 0 heterocycles. The van der Waals surface area contributed by atoms with Crippen LogP contribution < -0.4 is 0 Å². The number of benzene rings is 2. The Labute approximate surface area is 110 Å². The molecule has 90 valence electrons. The van der Waals surface area contributed by atoms with E-state index in [1.54, 1.807) is 0 Å². The lowest BCUT2D eigenvalue weighted by Gasteiger charge is -2.11. The molecule has 0 nitrogen and oxygen atoms in total. The summed E-state index contributed by atoms with van der Waals surface area (Å²) in [6, 6.07) is 16.7. The Bertz CT molecular complexity index is 558. The Hall–Kier alpha value is -2.00. The zero-order valence-corrected chi connectivity index (χ0v) is 10.8. The van der Waals surface area contributed by atoms with Gasteiger partial charge in [0.25, 0.3) is 0 Å². The minimum Gasteiger partial charge on any atom is -0.115 e. The van der Waals surface area contributed by atoms with E-state index in [1.165, 1.54) is 29.5 Å². The summed E-state index contributed by atoms with van der Waals surface area (Å²) in [5.74, 6) is 2.78. The topological polar surface area (TPSA) is 0 Å². The van der Waals surface area contributed by atoms with Crippen LogP contribution in [-0.2, 0) is 6.42 Å². The van der Waals surface area contributed by atoms with Crippen molar-refractivity contribution < 1.29 is 0 Å². The molecule has 0 amide bonds. The van der Waals surface area contributed by atoms with E-state index in [1.807, 2.05) is 18.2 Å². The van der Waals surface area contributed by atoms with E-state index >= 15 is 0 Å². The van der Waals surface area contributed by atoms with Crippen molar-refractivity contribution in [2.45, 2.75) is 26.2 Å². The number of terminal acetylenes is 1. The summed E-state index contributed by atoms with van der Waals surface area (Å²) < 4.78 is 0. The average molecular weight is 234 g/mol. The van der Waals surface area contributed by atoms with Crippen molar-refractivity contribution in [1.82, 2.24) is 0 Å². The van der Waals surface area contributed by atoms with Gasteiger partial charge in [-0.15, -0.1) is 6.42 Å². The molecule has 0 atom stereocenters. The van der Waals surface area contributed by atoms with Crippen molar-refractivity contribution in [2.75, 3.05) is 0 Å². The molecule has 0 radical (unpaired) electrons. The monoisotopic (exact) mass is 234 g/mol. The van der Waals surface area contributed by atoms with Gasteiger partial charge in [0.15, 0.2) is 0 Å². The largest absolute Gasteiger partial charge is 0.115 e. The van der Waals surface area contributed by atoms with E-state index in [-0.39, 0.29) is 0 Å². The second-order valence-electron chi connectivity index (χ2n) is 4.45. The fourth-order valence-electron chi connectivity index (χ4n) is 2.21. The average Bonchev–Trinajstić information content (AvgIpc) is 2.45. The molecule has 0 aliphatic carbocycles. The summed E-state index contributed by atoms with van der Waals surface area (Å²) in [7, 11) is 0. The summed E-state index contributed by atoms with van der Waals surface area (Å²) in [5, 5.41) is 0.